The van der Waals surface area contributed by atoms with Crippen LogP contribution in [-0.2, 0) is 25.7 Å². The zero-order valence-electron chi connectivity index (χ0n) is 16.5. The predicted octanol–water partition coefficient (Wildman–Crippen LogP) is 5.46. The number of esters is 2. The molecule has 160 valence electrons. The van der Waals surface area contributed by atoms with Gasteiger partial charge in [0.05, 0.1) is 25.3 Å². The Morgan fingerprint density at radius 1 is 1.03 bits per heavy atom. The van der Waals surface area contributed by atoms with Crippen molar-refractivity contribution in [2.24, 2.45) is 0 Å². The van der Waals surface area contributed by atoms with Crippen molar-refractivity contribution in [3.05, 3.63) is 61.5 Å². The van der Waals surface area contributed by atoms with Crippen LogP contribution >= 0.6 is 39.1 Å². The normalized spacial score (nSPS) is 10.2. The summed E-state index contributed by atoms with van der Waals surface area (Å²) in [6.45, 7) is 2.38. The van der Waals surface area contributed by atoms with Gasteiger partial charge in [-0.15, -0.1) is 0 Å². The summed E-state index contributed by atoms with van der Waals surface area (Å²) in [6, 6.07) is 8.44. The lowest BCUT2D eigenvalue weighted by Crippen LogP contribution is -2.15. The molecule has 0 saturated carbocycles. The van der Waals surface area contributed by atoms with Crippen LogP contribution in [0.25, 0.3) is 6.08 Å². The smallest absolute Gasteiger partial charge is 0.345 e. The van der Waals surface area contributed by atoms with Crippen LogP contribution in [-0.4, -0.2) is 32.8 Å². The minimum atomic E-state index is -0.811. The van der Waals surface area contributed by atoms with Gasteiger partial charge in [0, 0.05) is 15.6 Å². The van der Waals surface area contributed by atoms with Crippen molar-refractivity contribution in [3.63, 3.8) is 0 Å². The van der Waals surface area contributed by atoms with E-state index in [9.17, 15) is 9.59 Å². The lowest BCUT2D eigenvalue weighted by molar-refractivity contribution is -0.143. The van der Waals surface area contributed by atoms with Crippen molar-refractivity contribution < 1.29 is 28.5 Å². The Morgan fingerprint density at radius 3 is 2.27 bits per heavy atom. The average Bonchev–Trinajstić information content (AvgIpc) is 2.71. The van der Waals surface area contributed by atoms with Gasteiger partial charge in [-0.3, -0.25) is 0 Å². The lowest BCUT2D eigenvalue weighted by atomic mass is 10.1. The van der Waals surface area contributed by atoms with Crippen LogP contribution in [0.2, 0.25) is 10.0 Å². The zero-order chi connectivity index (χ0) is 22.3. The fraction of sp³-hybridized carbons (Fsp3) is 0.238. The van der Waals surface area contributed by atoms with Gasteiger partial charge in [-0.05, 0) is 58.8 Å². The molecule has 0 heterocycles. The Balaban J connectivity index is 2.40. The minimum Gasteiger partial charge on any atom is -0.490 e. The summed E-state index contributed by atoms with van der Waals surface area (Å²) in [5, 5.41) is 1.01. The summed E-state index contributed by atoms with van der Waals surface area (Å²) in [4.78, 5) is 23.8. The summed E-state index contributed by atoms with van der Waals surface area (Å²) in [6.07, 6.45) is 1.35. The van der Waals surface area contributed by atoms with Gasteiger partial charge in [0.2, 0.25) is 0 Å². The number of methoxy groups -OCH3 is 2. The van der Waals surface area contributed by atoms with E-state index in [1.165, 1.54) is 20.3 Å². The number of carbonyl (C=O) groups excluding carboxylic acids is 2. The van der Waals surface area contributed by atoms with Crippen LogP contribution in [0.5, 0.6) is 11.5 Å². The summed E-state index contributed by atoms with van der Waals surface area (Å²) >= 11 is 15.6. The van der Waals surface area contributed by atoms with E-state index in [1.807, 2.05) is 6.92 Å². The number of halogens is 3. The van der Waals surface area contributed by atoms with E-state index in [4.69, 9.17) is 32.7 Å². The molecule has 0 atom stereocenters. The second-order valence-corrected chi connectivity index (χ2v) is 7.53. The highest BCUT2D eigenvalue weighted by atomic mass is 79.9. The van der Waals surface area contributed by atoms with Gasteiger partial charge >= 0.3 is 11.9 Å². The fourth-order valence-corrected chi connectivity index (χ4v) is 3.49. The molecule has 0 N–H and O–H groups in total. The van der Waals surface area contributed by atoms with Crippen molar-refractivity contribution in [2.45, 2.75) is 13.5 Å². The minimum absolute atomic E-state index is 0.180. The summed E-state index contributed by atoms with van der Waals surface area (Å²) in [7, 11) is 2.36. The molecule has 0 aliphatic rings. The molecule has 0 amide bonds. The third-order valence-corrected chi connectivity index (χ3v) is 5.02. The Labute approximate surface area is 192 Å². The summed E-state index contributed by atoms with van der Waals surface area (Å²) in [5.41, 5.74) is 1.00. The van der Waals surface area contributed by atoms with Crippen LogP contribution in [0.4, 0.5) is 0 Å². The molecule has 0 radical (unpaired) electrons. The number of ether oxygens (including phenoxy) is 4. The van der Waals surface area contributed by atoms with Gasteiger partial charge in [-0.25, -0.2) is 9.59 Å². The third kappa shape index (κ3) is 6.14. The van der Waals surface area contributed by atoms with Gasteiger partial charge in [0.1, 0.15) is 12.2 Å². The maximum absolute atomic E-state index is 11.9. The largest absolute Gasteiger partial charge is 0.490 e. The Hall–Kier alpha value is -2.22. The first-order valence-corrected chi connectivity index (χ1v) is 10.3. The molecular weight excluding hydrogens is 499 g/mol. The molecule has 0 bridgehead atoms. The molecule has 2 aromatic rings. The van der Waals surface area contributed by atoms with Gasteiger partial charge < -0.3 is 18.9 Å². The highest BCUT2D eigenvalue weighted by Crippen LogP contribution is 2.38. The van der Waals surface area contributed by atoms with Crippen molar-refractivity contribution >= 4 is 57.1 Å². The molecular formula is C21H19BrCl2O6. The number of benzene rings is 2. The summed E-state index contributed by atoms with van der Waals surface area (Å²) in [5.74, 6) is -0.766. The van der Waals surface area contributed by atoms with E-state index in [-0.39, 0.29) is 12.2 Å². The monoisotopic (exact) mass is 516 g/mol. The van der Waals surface area contributed by atoms with Crippen molar-refractivity contribution in [1.82, 2.24) is 0 Å². The van der Waals surface area contributed by atoms with Crippen LogP contribution in [0.1, 0.15) is 18.1 Å². The van der Waals surface area contributed by atoms with Crippen LogP contribution in [0, 0.1) is 0 Å². The van der Waals surface area contributed by atoms with E-state index < -0.39 is 11.9 Å². The second kappa shape index (κ2) is 11.2. The SMILES string of the molecule is CCOc1cc(C=C(C(=O)OC)C(=O)OC)cc(Br)c1OCc1ccc(Cl)cc1Cl. The first-order chi connectivity index (χ1) is 14.3. The molecule has 0 aliphatic carbocycles. The molecule has 0 saturated heterocycles. The molecule has 0 fully saturated rings. The zero-order valence-corrected chi connectivity index (χ0v) is 19.6. The average molecular weight is 518 g/mol. The lowest BCUT2D eigenvalue weighted by Gasteiger charge is -2.15. The molecule has 0 spiro atoms. The second-order valence-electron chi connectivity index (χ2n) is 5.83. The van der Waals surface area contributed by atoms with E-state index >= 15 is 0 Å². The topological polar surface area (TPSA) is 71.1 Å². The number of rotatable bonds is 8. The van der Waals surface area contributed by atoms with Gasteiger partial charge in [-0.1, -0.05) is 29.3 Å². The Kier molecular flexibility index (Phi) is 9.02. The van der Waals surface area contributed by atoms with Gasteiger partial charge in [0.15, 0.2) is 11.5 Å². The highest BCUT2D eigenvalue weighted by Gasteiger charge is 2.21. The Morgan fingerprint density at radius 2 is 1.70 bits per heavy atom. The van der Waals surface area contributed by atoms with Crippen molar-refractivity contribution in [1.29, 1.82) is 0 Å². The molecule has 30 heavy (non-hydrogen) atoms. The third-order valence-electron chi connectivity index (χ3n) is 3.84. The maximum Gasteiger partial charge on any atom is 0.345 e. The molecule has 0 aliphatic heterocycles. The molecule has 6 nitrogen and oxygen atoms in total. The number of hydrogen-bond acceptors (Lipinski definition) is 6. The highest BCUT2D eigenvalue weighted by molar-refractivity contribution is 9.10. The van der Waals surface area contributed by atoms with Crippen molar-refractivity contribution in [2.75, 3.05) is 20.8 Å². The maximum atomic E-state index is 11.9. The standard InChI is InChI=1S/C21H19BrCl2O6/c1-4-29-18-9-12(7-15(20(25)27-2)21(26)28-3)8-16(22)19(18)30-11-13-5-6-14(23)10-17(13)24/h5-10H,4,11H2,1-3H3. The van der Waals surface area contributed by atoms with E-state index in [0.29, 0.717) is 38.2 Å². The first kappa shape index (κ1) is 24.1. The van der Waals surface area contributed by atoms with E-state index in [2.05, 4.69) is 25.4 Å². The molecule has 2 rings (SSSR count). The van der Waals surface area contributed by atoms with E-state index in [1.54, 1.807) is 30.3 Å². The molecule has 0 aromatic heterocycles. The molecule has 2 aromatic carbocycles. The predicted molar refractivity (Wildman–Crippen MR) is 118 cm³/mol. The van der Waals surface area contributed by atoms with Crippen LogP contribution in [0.3, 0.4) is 0 Å². The van der Waals surface area contributed by atoms with Crippen LogP contribution in [0.15, 0.2) is 40.4 Å². The molecule has 0 unspecified atom stereocenters. The Bertz CT molecular complexity index is 956. The fourth-order valence-electron chi connectivity index (χ4n) is 2.45. The quantitative estimate of drug-likeness (QED) is 0.200. The first-order valence-electron chi connectivity index (χ1n) is 8.72. The van der Waals surface area contributed by atoms with Crippen molar-refractivity contribution in [3.8, 4) is 11.5 Å². The van der Waals surface area contributed by atoms with Crippen LogP contribution < -0.4 is 9.47 Å². The molecule has 9 heteroatoms. The van der Waals surface area contributed by atoms with Gasteiger partial charge in [-0.2, -0.15) is 0 Å². The van der Waals surface area contributed by atoms with E-state index in [0.717, 1.165) is 5.56 Å². The number of carbonyl (C=O) groups is 2. The number of hydrogen-bond donors (Lipinski definition) is 0. The summed E-state index contributed by atoms with van der Waals surface area (Å²) < 4.78 is 21.5. The van der Waals surface area contributed by atoms with Gasteiger partial charge in [0.25, 0.3) is 0 Å².